The number of carbonyl (C=O) groups excluding carboxylic acids is 1. The molecule has 3 aliphatic heterocycles. The number of rotatable bonds is 43. The summed E-state index contributed by atoms with van der Waals surface area (Å²) in [6.45, 7) is 1.70. The molecule has 0 spiro atoms. The van der Waals surface area contributed by atoms with E-state index in [0.29, 0.717) is 12.8 Å². The molecule has 0 radical (unpaired) electrons. The van der Waals surface area contributed by atoms with Crippen molar-refractivity contribution in [3.05, 3.63) is 36.5 Å². The van der Waals surface area contributed by atoms with Gasteiger partial charge in [-0.1, -0.05) is 172 Å². The molecule has 3 saturated heterocycles. The average Bonchev–Trinajstić information content (AvgIpc) is 3.43. The third-order valence-electron chi connectivity index (χ3n) is 15.0. The van der Waals surface area contributed by atoms with Gasteiger partial charge in [0.2, 0.25) is 5.91 Å². The summed E-state index contributed by atoms with van der Waals surface area (Å²) < 4.78 is 34.2. The van der Waals surface area contributed by atoms with Crippen LogP contribution in [-0.2, 0) is 33.2 Å². The van der Waals surface area contributed by atoms with Gasteiger partial charge in [0.1, 0.15) is 73.2 Å². The van der Waals surface area contributed by atoms with Crippen LogP contribution in [-0.4, -0.2) is 193 Å². The zero-order chi connectivity index (χ0) is 56.2. The normalized spacial score (nSPS) is 30.9. The summed E-state index contributed by atoms with van der Waals surface area (Å²) >= 11 is 0. The zero-order valence-electron chi connectivity index (χ0n) is 46.7. The number of unbranched alkanes of at least 4 members (excludes halogenated alkanes) is 21. The van der Waals surface area contributed by atoms with Crippen LogP contribution in [0.5, 0.6) is 0 Å². The number of aliphatic hydroxyl groups is 11. The van der Waals surface area contributed by atoms with Crippen LogP contribution in [0, 0.1) is 0 Å². The zero-order valence-corrected chi connectivity index (χ0v) is 46.7. The van der Waals surface area contributed by atoms with Gasteiger partial charge in [0.05, 0.1) is 38.6 Å². The van der Waals surface area contributed by atoms with E-state index in [0.717, 1.165) is 77.0 Å². The molecule has 0 aromatic carbocycles. The van der Waals surface area contributed by atoms with Gasteiger partial charge in [-0.3, -0.25) is 4.79 Å². The largest absolute Gasteiger partial charge is 0.394 e. The summed E-state index contributed by atoms with van der Waals surface area (Å²) in [6, 6.07) is -0.886. The highest BCUT2D eigenvalue weighted by atomic mass is 16.8. The first-order valence-electron chi connectivity index (χ1n) is 29.7. The minimum absolute atomic E-state index is 0.253. The van der Waals surface area contributed by atoms with Crippen molar-refractivity contribution in [3.63, 3.8) is 0 Å². The third kappa shape index (κ3) is 26.2. The Labute approximate surface area is 460 Å². The molecule has 3 rings (SSSR count). The molecule has 0 aromatic rings. The van der Waals surface area contributed by atoms with E-state index in [1.807, 2.05) is 0 Å². The fourth-order valence-corrected chi connectivity index (χ4v) is 10.0. The fourth-order valence-electron chi connectivity index (χ4n) is 10.0. The van der Waals surface area contributed by atoms with Gasteiger partial charge in [-0.15, -0.1) is 0 Å². The Balaban J connectivity index is 1.40. The van der Waals surface area contributed by atoms with Crippen molar-refractivity contribution < 1.29 is 89.4 Å². The molecular weight excluding hydrogens is 999 g/mol. The Morgan fingerprint density at radius 3 is 1.34 bits per heavy atom. The van der Waals surface area contributed by atoms with Gasteiger partial charge in [-0.2, -0.15) is 0 Å². The van der Waals surface area contributed by atoms with E-state index >= 15 is 0 Å². The van der Waals surface area contributed by atoms with Gasteiger partial charge in [-0.05, 0) is 51.4 Å². The first kappa shape index (κ1) is 69.3. The molecule has 3 aliphatic rings. The molecule has 12 N–H and O–H groups in total. The summed E-state index contributed by atoms with van der Waals surface area (Å²) in [5.74, 6) is -0.253. The summed E-state index contributed by atoms with van der Waals surface area (Å²) in [4.78, 5) is 13.3. The highest BCUT2D eigenvalue weighted by Gasteiger charge is 2.53. The van der Waals surface area contributed by atoms with Gasteiger partial charge >= 0.3 is 0 Å². The predicted molar refractivity (Wildman–Crippen MR) is 291 cm³/mol. The Morgan fingerprint density at radius 2 is 0.857 bits per heavy atom. The summed E-state index contributed by atoms with van der Waals surface area (Å²) in [7, 11) is 0. The molecule has 0 aliphatic carbocycles. The number of allylic oxidation sites excluding steroid dienone is 6. The molecule has 19 heteroatoms. The van der Waals surface area contributed by atoms with E-state index in [1.54, 1.807) is 0 Å². The van der Waals surface area contributed by atoms with E-state index < -0.39 is 124 Å². The van der Waals surface area contributed by atoms with E-state index in [9.17, 15) is 61.0 Å². The van der Waals surface area contributed by atoms with Crippen molar-refractivity contribution in [2.75, 3.05) is 26.4 Å². The minimum Gasteiger partial charge on any atom is -0.394 e. The van der Waals surface area contributed by atoms with Crippen LogP contribution in [0.1, 0.15) is 194 Å². The van der Waals surface area contributed by atoms with E-state index in [2.05, 4.69) is 55.6 Å². The maximum Gasteiger partial charge on any atom is 0.220 e. The van der Waals surface area contributed by atoms with Crippen LogP contribution < -0.4 is 5.32 Å². The Kier molecular flexibility index (Phi) is 37.7. The van der Waals surface area contributed by atoms with Crippen molar-refractivity contribution in [2.45, 2.75) is 298 Å². The molecule has 77 heavy (non-hydrogen) atoms. The lowest BCUT2D eigenvalue weighted by Crippen LogP contribution is -2.66. The van der Waals surface area contributed by atoms with E-state index in [-0.39, 0.29) is 18.9 Å². The monoisotopic (exact) mass is 1100 g/mol. The van der Waals surface area contributed by atoms with Crippen LogP contribution in [0.15, 0.2) is 36.5 Å². The Bertz CT molecular complexity index is 1550. The summed E-state index contributed by atoms with van der Waals surface area (Å²) in [6.07, 6.45) is 17.1. The summed E-state index contributed by atoms with van der Waals surface area (Å²) in [5.41, 5.74) is 0. The Hall–Kier alpha value is -1.99. The maximum atomic E-state index is 13.3. The molecule has 3 fully saturated rings. The van der Waals surface area contributed by atoms with Crippen LogP contribution >= 0.6 is 0 Å². The second kappa shape index (κ2) is 41.9. The molecule has 17 atom stereocenters. The molecular formula is C58H105NO18. The lowest BCUT2D eigenvalue weighted by Gasteiger charge is -2.48. The first-order chi connectivity index (χ1) is 37.3. The molecule has 0 saturated carbocycles. The van der Waals surface area contributed by atoms with Gasteiger partial charge < -0.3 is 89.9 Å². The quantitative estimate of drug-likeness (QED) is 0.0285. The SMILES string of the molecule is CCCCCCC/C=C\C/C=C\C/C=C\CCCCCCCCCCCCC(=O)NC(COC1OC(CO)C(OC2OC(CO)C(OC3OC(CO)C(O)C(O)C3O)C(O)C2O)C(O)C1O)C(O)CCCCCCCCC. The third-order valence-corrected chi connectivity index (χ3v) is 15.0. The predicted octanol–water partition coefficient (Wildman–Crippen LogP) is 4.93. The highest BCUT2D eigenvalue weighted by molar-refractivity contribution is 5.76. The van der Waals surface area contributed by atoms with Gasteiger partial charge in [-0.25, -0.2) is 0 Å². The van der Waals surface area contributed by atoms with Crippen molar-refractivity contribution in [1.29, 1.82) is 0 Å². The van der Waals surface area contributed by atoms with Crippen molar-refractivity contribution in [1.82, 2.24) is 5.32 Å². The molecule has 1 amide bonds. The Morgan fingerprint density at radius 1 is 0.468 bits per heavy atom. The topological polar surface area (TPSA) is 307 Å². The maximum absolute atomic E-state index is 13.3. The van der Waals surface area contributed by atoms with Crippen LogP contribution in [0.4, 0.5) is 0 Å². The van der Waals surface area contributed by atoms with Crippen LogP contribution in [0.3, 0.4) is 0 Å². The molecule has 450 valence electrons. The van der Waals surface area contributed by atoms with Crippen molar-refractivity contribution >= 4 is 5.91 Å². The second-order valence-corrected chi connectivity index (χ2v) is 21.5. The molecule has 3 heterocycles. The highest BCUT2D eigenvalue weighted by Crippen LogP contribution is 2.33. The number of aliphatic hydroxyl groups excluding tert-OH is 11. The van der Waals surface area contributed by atoms with E-state index in [4.69, 9.17) is 28.4 Å². The summed E-state index contributed by atoms with van der Waals surface area (Å²) in [5, 5.41) is 120. The van der Waals surface area contributed by atoms with Crippen LogP contribution in [0.25, 0.3) is 0 Å². The average molecular weight is 1100 g/mol. The van der Waals surface area contributed by atoms with Gasteiger partial charge in [0.15, 0.2) is 18.9 Å². The van der Waals surface area contributed by atoms with Gasteiger partial charge in [0, 0.05) is 6.42 Å². The lowest BCUT2D eigenvalue weighted by molar-refractivity contribution is -0.379. The number of hydrogen-bond acceptors (Lipinski definition) is 18. The molecule has 0 aromatic heterocycles. The van der Waals surface area contributed by atoms with Crippen LogP contribution in [0.2, 0.25) is 0 Å². The van der Waals surface area contributed by atoms with Gasteiger partial charge in [0.25, 0.3) is 0 Å². The van der Waals surface area contributed by atoms with Crippen molar-refractivity contribution in [3.8, 4) is 0 Å². The second-order valence-electron chi connectivity index (χ2n) is 21.5. The van der Waals surface area contributed by atoms with E-state index in [1.165, 1.54) is 83.5 Å². The minimum atomic E-state index is -1.97. The molecule has 0 bridgehead atoms. The number of carbonyl (C=O) groups is 1. The number of hydrogen-bond donors (Lipinski definition) is 12. The fraction of sp³-hybridized carbons (Fsp3) is 0.879. The smallest absolute Gasteiger partial charge is 0.220 e. The first-order valence-corrected chi connectivity index (χ1v) is 29.7. The number of nitrogens with one attached hydrogen (secondary N) is 1. The molecule has 19 nitrogen and oxygen atoms in total. The number of amides is 1. The number of ether oxygens (including phenoxy) is 6. The molecule has 17 unspecified atom stereocenters. The van der Waals surface area contributed by atoms with Crippen molar-refractivity contribution in [2.24, 2.45) is 0 Å². The standard InChI is InChI=1S/C58H105NO18/c1-3-5-7-9-11-12-13-14-15-16-17-18-19-20-21-22-23-24-25-26-27-28-30-32-34-36-46(64)59-41(42(63)35-33-31-29-10-8-6-4-2)40-72-56-52(70)49(67)54(44(38-61)74-56)77-58-53(71)50(68)55(45(39-62)75-58)76-57-51(69)48(66)47(65)43(37-60)73-57/h13-14,16-17,19-20,41-45,47-58,60-63,65-71H,3-12,15,18,21-40H2,1-2H3,(H,59,64)/b14-13-,17-16-,20-19-. The lowest BCUT2D eigenvalue weighted by atomic mass is 9.96.